The number of methoxy groups -OCH3 is 2. The van der Waals surface area contributed by atoms with Crippen molar-refractivity contribution in [2.24, 2.45) is 0 Å². The molecule has 2 rings (SSSR count). The van der Waals surface area contributed by atoms with E-state index in [0.717, 1.165) is 35.7 Å². The molecule has 0 fully saturated rings. The van der Waals surface area contributed by atoms with E-state index in [1.165, 1.54) is 0 Å². The zero-order valence-electron chi connectivity index (χ0n) is 11.0. The van der Waals surface area contributed by atoms with E-state index >= 15 is 0 Å². The average Bonchev–Trinajstić information content (AvgIpc) is 2.60. The van der Waals surface area contributed by atoms with Gasteiger partial charge in [-0.1, -0.05) is 0 Å². The van der Waals surface area contributed by atoms with Crippen molar-refractivity contribution in [2.45, 2.75) is 18.9 Å². The molecule has 1 aliphatic heterocycles. The summed E-state index contributed by atoms with van der Waals surface area (Å²) in [4.78, 5) is 5.06. The van der Waals surface area contributed by atoms with Gasteiger partial charge in [-0.3, -0.25) is 0 Å². The second-order valence-corrected chi connectivity index (χ2v) is 4.11. The van der Waals surface area contributed by atoms with Crippen LogP contribution in [0.25, 0.3) is 0 Å². The zero-order chi connectivity index (χ0) is 13.0. The molecule has 5 heteroatoms. The van der Waals surface area contributed by atoms with Gasteiger partial charge in [-0.15, -0.1) is 0 Å². The first-order valence-corrected chi connectivity index (χ1v) is 5.97. The quantitative estimate of drug-likeness (QED) is 0.832. The summed E-state index contributed by atoms with van der Waals surface area (Å²) < 4.78 is 16.4. The molecule has 1 heterocycles. The van der Waals surface area contributed by atoms with Crippen LogP contribution in [0.5, 0.6) is 17.2 Å². The summed E-state index contributed by atoms with van der Waals surface area (Å²) in [5, 5.41) is 0. The molecule has 0 saturated carbocycles. The van der Waals surface area contributed by atoms with Crippen LogP contribution in [0.1, 0.15) is 24.4 Å². The minimum atomic E-state index is 0.0633. The van der Waals surface area contributed by atoms with Gasteiger partial charge in [0.05, 0.1) is 39.5 Å². The Hall–Kier alpha value is -1.46. The highest BCUT2D eigenvalue weighted by atomic mass is 16.6. The third-order valence-corrected chi connectivity index (χ3v) is 3.04. The zero-order valence-corrected chi connectivity index (χ0v) is 11.0. The van der Waals surface area contributed by atoms with E-state index in [2.05, 4.69) is 5.48 Å². The first kappa shape index (κ1) is 13.0. The van der Waals surface area contributed by atoms with Gasteiger partial charge >= 0.3 is 0 Å². The monoisotopic (exact) mass is 253 g/mol. The van der Waals surface area contributed by atoms with Gasteiger partial charge < -0.3 is 19.0 Å². The van der Waals surface area contributed by atoms with Crippen molar-refractivity contribution in [3.8, 4) is 17.2 Å². The van der Waals surface area contributed by atoms with Crippen LogP contribution in [0.4, 0.5) is 0 Å². The predicted octanol–water partition coefficient (Wildman–Crippen LogP) is 2.07. The minimum Gasteiger partial charge on any atom is -0.496 e. The number of hydroxylamine groups is 1. The van der Waals surface area contributed by atoms with Crippen LogP contribution in [0.3, 0.4) is 0 Å². The highest BCUT2D eigenvalue weighted by Gasteiger charge is 2.25. The fraction of sp³-hybridized carbons (Fsp3) is 0.538. The van der Waals surface area contributed by atoms with Gasteiger partial charge in [0.2, 0.25) is 0 Å². The van der Waals surface area contributed by atoms with Gasteiger partial charge in [0.15, 0.2) is 0 Å². The van der Waals surface area contributed by atoms with Crippen LogP contribution in [0.2, 0.25) is 0 Å². The standard InChI is InChI=1S/C13H19NO4/c1-15-9-7-11(16-2)13-10(14-17-3)5-4-6-18-12(13)8-9/h7-8,10,14H,4-6H2,1-3H3. The number of fused-ring (bicyclic) bond motifs is 1. The fourth-order valence-electron chi connectivity index (χ4n) is 2.20. The van der Waals surface area contributed by atoms with Gasteiger partial charge in [-0.25, -0.2) is 0 Å². The Bertz CT molecular complexity index is 408. The summed E-state index contributed by atoms with van der Waals surface area (Å²) in [6, 6.07) is 3.80. The Morgan fingerprint density at radius 2 is 2.06 bits per heavy atom. The minimum absolute atomic E-state index is 0.0633. The lowest BCUT2D eigenvalue weighted by Gasteiger charge is -2.20. The average molecular weight is 253 g/mol. The molecule has 1 atom stereocenters. The number of benzene rings is 1. The molecule has 1 aromatic rings. The maximum Gasteiger partial charge on any atom is 0.131 e. The Balaban J connectivity index is 2.46. The fourth-order valence-corrected chi connectivity index (χ4v) is 2.20. The molecule has 0 spiro atoms. The predicted molar refractivity (Wildman–Crippen MR) is 67.2 cm³/mol. The molecule has 1 aliphatic rings. The van der Waals surface area contributed by atoms with Crippen molar-refractivity contribution in [1.29, 1.82) is 0 Å². The molecule has 1 N–H and O–H groups in total. The van der Waals surface area contributed by atoms with Crippen molar-refractivity contribution in [3.63, 3.8) is 0 Å². The molecule has 0 aromatic heterocycles. The molecule has 0 bridgehead atoms. The number of hydrogen-bond acceptors (Lipinski definition) is 5. The highest BCUT2D eigenvalue weighted by Crippen LogP contribution is 2.41. The van der Waals surface area contributed by atoms with Crippen LogP contribution in [0.15, 0.2) is 12.1 Å². The second-order valence-electron chi connectivity index (χ2n) is 4.11. The lowest BCUT2D eigenvalue weighted by atomic mass is 10.0. The summed E-state index contributed by atoms with van der Waals surface area (Å²) >= 11 is 0. The lowest BCUT2D eigenvalue weighted by Crippen LogP contribution is -2.20. The molecular weight excluding hydrogens is 234 g/mol. The van der Waals surface area contributed by atoms with Crippen molar-refractivity contribution in [2.75, 3.05) is 27.9 Å². The van der Waals surface area contributed by atoms with Crippen LogP contribution >= 0.6 is 0 Å². The molecule has 0 aliphatic carbocycles. The van der Waals surface area contributed by atoms with Gasteiger partial charge in [-0.2, -0.15) is 5.48 Å². The molecule has 0 amide bonds. The molecule has 5 nitrogen and oxygen atoms in total. The second kappa shape index (κ2) is 5.93. The Labute approximate surface area is 107 Å². The van der Waals surface area contributed by atoms with Crippen LogP contribution in [-0.4, -0.2) is 27.9 Å². The summed E-state index contributed by atoms with van der Waals surface area (Å²) in [5.74, 6) is 2.27. The van der Waals surface area contributed by atoms with E-state index in [-0.39, 0.29) is 6.04 Å². The Morgan fingerprint density at radius 3 is 2.72 bits per heavy atom. The highest BCUT2D eigenvalue weighted by molar-refractivity contribution is 5.52. The van der Waals surface area contributed by atoms with Crippen LogP contribution in [0, 0.1) is 0 Å². The molecule has 0 saturated heterocycles. The molecule has 0 radical (unpaired) electrons. The Morgan fingerprint density at radius 1 is 1.22 bits per heavy atom. The largest absolute Gasteiger partial charge is 0.496 e. The van der Waals surface area contributed by atoms with Crippen molar-refractivity contribution in [1.82, 2.24) is 5.48 Å². The van der Waals surface area contributed by atoms with E-state index in [1.54, 1.807) is 21.3 Å². The van der Waals surface area contributed by atoms with E-state index in [4.69, 9.17) is 19.0 Å². The van der Waals surface area contributed by atoms with E-state index in [9.17, 15) is 0 Å². The van der Waals surface area contributed by atoms with Crippen LogP contribution < -0.4 is 19.7 Å². The lowest BCUT2D eigenvalue weighted by molar-refractivity contribution is 0.0572. The van der Waals surface area contributed by atoms with Gasteiger partial charge in [0, 0.05) is 12.1 Å². The summed E-state index contributed by atoms with van der Waals surface area (Å²) in [7, 11) is 4.88. The van der Waals surface area contributed by atoms with E-state index < -0.39 is 0 Å². The SMILES string of the molecule is CONC1CCCOc2cc(OC)cc(OC)c21. The summed E-state index contributed by atoms with van der Waals surface area (Å²) in [6.07, 6.45) is 1.89. The molecule has 1 unspecified atom stereocenters. The molecule has 100 valence electrons. The maximum atomic E-state index is 5.75. The molecule has 18 heavy (non-hydrogen) atoms. The molecular formula is C13H19NO4. The van der Waals surface area contributed by atoms with Crippen molar-refractivity contribution < 1.29 is 19.0 Å². The van der Waals surface area contributed by atoms with Crippen molar-refractivity contribution >= 4 is 0 Å². The number of hydrogen-bond donors (Lipinski definition) is 1. The third-order valence-electron chi connectivity index (χ3n) is 3.04. The first-order valence-electron chi connectivity index (χ1n) is 5.97. The summed E-state index contributed by atoms with van der Waals surface area (Å²) in [5.41, 5.74) is 3.98. The van der Waals surface area contributed by atoms with E-state index in [0.29, 0.717) is 6.61 Å². The molecule has 1 aromatic carbocycles. The Kier molecular flexibility index (Phi) is 4.28. The van der Waals surface area contributed by atoms with Gasteiger partial charge in [-0.05, 0) is 12.8 Å². The number of rotatable bonds is 4. The van der Waals surface area contributed by atoms with E-state index in [1.807, 2.05) is 12.1 Å². The van der Waals surface area contributed by atoms with Gasteiger partial charge in [0.1, 0.15) is 17.2 Å². The summed E-state index contributed by atoms with van der Waals surface area (Å²) in [6.45, 7) is 0.686. The van der Waals surface area contributed by atoms with Gasteiger partial charge in [0.25, 0.3) is 0 Å². The maximum absolute atomic E-state index is 5.75. The third kappa shape index (κ3) is 2.52. The number of nitrogens with one attached hydrogen (secondary N) is 1. The number of ether oxygens (including phenoxy) is 3. The van der Waals surface area contributed by atoms with Crippen molar-refractivity contribution in [3.05, 3.63) is 17.7 Å². The smallest absolute Gasteiger partial charge is 0.131 e. The van der Waals surface area contributed by atoms with Crippen LogP contribution in [-0.2, 0) is 4.84 Å². The first-order chi connectivity index (χ1) is 8.80. The normalized spacial score (nSPS) is 18.5. The topological polar surface area (TPSA) is 49.0 Å².